The van der Waals surface area contributed by atoms with Gasteiger partial charge in [0.1, 0.15) is 17.4 Å². The largest absolute Gasteiger partial charge is 0.467 e. The maximum atomic E-state index is 5.37. The van der Waals surface area contributed by atoms with E-state index in [4.69, 9.17) is 4.42 Å². The van der Waals surface area contributed by atoms with Gasteiger partial charge in [-0.3, -0.25) is 0 Å². The second-order valence-corrected chi connectivity index (χ2v) is 5.23. The second-order valence-electron chi connectivity index (χ2n) is 4.46. The van der Waals surface area contributed by atoms with E-state index in [1.165, 1.54) is 0 Å². The van der Waals surface area contributed by atoms with Crippen LogP contribution in [0.2, 0.25) is 0 Å². The molecule has 0 bridgehead atoms. The zero-order valence-electron chi connectivity index (χ0n) is 12.1. The highest BCUT2D eigenvalue weighted by Gasteiger charge is 2.09. The molecule has 1 N–H and O–H groups in total. The van der Waals surface area contributed by atoms with Gasteiger partial charge in [0, 0.05) is 19.7 Å². The van der Waals surface area contributed by atoms with Crippen molar-refractivity contribution in [1.82, 2.24) is 9.97 Å². The van der Waals surface area contributed by atoms with Gasteiger partial charge < -0.3 is 14.6 Å². The summed E-state index contributed by atoms with van der Waals surface area (Å²) in [5.41, 5.74) is 0. The highest BCUT2D eigenvalue weighted by atomic mass is 32.2. The van der Waals surface area contributed by atoms with E-state index >= 15 is 0 Å². The number of furan rings is 1. The molecule has 0 saturated carbocycles. The molecule has 0 spiro atoms. The van der Waals surface area contributed by atoms with Crippen LogP contribution in [0.5, 0.6) is 0 Å². The van der Waals surface area contributed by atoms with E-state index in [-0.39, 0.29) is 0 Å². The smallest absolute Gasteiger partial charge is 0.191 e. The van der Waals surface area contributed by atoms with Crippen LogP contribution in [-0.2, 0) is 6.54 Å². The van der Waals surface area contributed by atoms with E-state index in [0.717, 1.165) is 35.5 Å². The lowest BCUT2D eigenvalue weighted by molar-refractivity contribution is 0.506. The second kappa shape index (κ2) is 7.19. The minimum atomic E-state index is 0.686. The lowest BCUT2D eigenvalue weighted by Crippen LogP contribution is -2.18. The molecule has 6 heteroatoms. The van der Waals surface area contributed by atoms with E-state index in [9.17, 15) is 0 Å². The Morgan fingerprint density at radius 1 is 1.40 bits per heavy atom. The summed E-state index contributed by atoms with van der Waals surface area (Å²) in [7, 11) is 2.00. The molecule has 108 valence electrons. The number of rotatable bonds is 7. The summed E-state index contributed by atoms with van der Waals surface area (Å²) in [5, 5.41) is 4.08. The number of hydrogen-bond acceptors (Lipinski definition) is 6. The summed E-state index contributed by atoms with van der Waals surface area (Å²) in [6, 6.07) is 5.83. The van der Waals surface area contributed by atoms with Crippen LogP contribution in [0.3, 0.4) is 0 Å². The van der Waals surface area contributed by atoms with Crippen molar-refractivity contribution in [2.45, 2.75) is 25.0 Å². The van der Waals surface area contributed by atoms with Gasteiger partial charge in [0.15, 0.2) is 5.16 Å². The maximum absolute atomic E-state index is 5.37. The average molecular weight is 292 g/mol. The van der Waals surface area contributed by atoms with Crippen LogP contribution < -0.4 is 10.2 Å². The Morgan fingerprint density at radius 3 is 2.90 bits per heavy atom. The molecule has 0 unspecified atom stereocenters. The molecule has 0 aromatic carbocycles. The average Bonchev–Trinajstić information content (AvgIpc) is 2.97. The Kier molecular flexibility index (Phi) is 5.29. The van der Waals surface area contributed by atoms with Crippen LogP contribution in [0.1, 0.15) is 19.1 Å². The van der Waals surface area contributed by atoms with Crippen LogP contribution in [0.25, 0.3) is 0 Å². The zero-order valence-corrected chi connectivity index (χ0v) is 12.9. The molecule has 0 amide bonds. The van der Waals surface area contributed by atoms with Crippen LogP contribution in [0, 0.1) is 0 Å². The summed E-state index contributed by atoms with van der Waals surface area (Å²) in [5.74, 6) is 2.67. The molecule has 20 heavy (non-hydrogen) atoms. The van der Waals surface area contributed by atoms with Gasteiger partial charge >= 0.3 is 0 Å². The first-order valence-electron chi connectivity index (χ1n) is 6.63. The molecule has 2 heterocycles. The fourth-order valence-electron chi connectivity index (χ4n) is 1.76. The number of thioether (sulfide) groups is 1. The highest BCUT2D eigenvalue weighted by molar-refractivity contribution is 7.98. The molecular weight excluding hydrogens is 272 g/mol. The van der Waals surface area contributed by atoms with E-state index in [0.29, 0.717) is 6.54 Å². The highest BCUT2D eigenvalue weighted by Crippen LogP contribution is 2.21. The van der Waals surface area contributed by atoms with E-state index in [1.54, 1.807) is 18.0 Å². The molecule has 0 aliphatic rings. The summed E-state index contributed by atoms with van der Waals surface area (Å²) < 4.78 is 5.37. The van der Waals surface area contributed by atoms with Gasteiger partial charge in [-0.15, -0.1) is 0 Å². The summed E-state index contributed by atoms with van der Waals surface area (Å²) >= 11 is 1.54. The van der Waals surface area contributed by atoms with Crippen molar-refractivity contribution < 1.29 is 4.42 Å². The normalized spacial score (nSPS) is 10.6. The first kappa shape index (κ1) is 14.7. The van der Waals surface area contributed by atoms with Gasteiger partial charge in [0.2, 0.25) is 0 Å². The number of nitrogens with zero attached hydrogens (tertiary/aromatic N) is 3. The third-order valence-corrected chi connectivity index (χ3v) is 3.34. The standard InChI is InChI=1S/C14H20N4OS/c1-4-7-15-12-9-13(17-14(16-12)20-3)18(2)10-11-6-5-8-19-11/h5-6,8-9H,4,7,10H2,1-3H3,(H,15,16,17). The molecule has 2 aromatic rings. The molecular formula is C14H20N4OS. The number of aromatic nitrogens is 2. The van der Waals surface area contributed by atoms with Gasteiger partial charge in [-0.25, -0.2) is 9.97 Å². The molecule has 2 rings (SSSR count). The number of nitrogens with one attached hydrogen (secondary N) is 1. The van der Waals surface area contributed by atoms with E-state index in [2.05, 4.69) is 27.1 Å². The Labute approximate surface area is 123 Å². The molecule has 0 fully saturated rings. The molecule has 0 atom stereocenters. The van der Waals surface area contributed by atoms with Crippen molar-refractivity contribution in [2.75, 3.05) is 30.1 Å². The number of anilines is 2. The third-order valence-electron chi connectivity index (χ3n) is 2.80. The molecule has 2 aromatic heterocycles. The van der Waals surface area contributed by atoms with Crippen LogP contribution in [-0.4, -0.2) is 29.8 Å². The van der Waals surface area contributed by atoms with Crippen molar-refractivity contribution in [3.63, 3.8) is 0 Å². The lowest BCUT2D eigenvalue weighted by atomic mass is 10.4. The van der Waals surface area contributed by atoms with Crippen molar-refractivity contribution in [1.29, 1.82) is 0 Å². The van der Waals surface area contributed by atoms with Gasteiger partial charge in [-0.1, -0.05) is 18.7 Å². The fraction of sp³-hybridized carbons (Fsp3) is 0.429. The quantitative estimate of drug-likeness (QED) is 0.624. The van der Waals surface area contributed by atoms with Crippen molar-refractivity contribution in [3.05, 3.63) is 30.2 Å². The maximum Gasteiger partial charge on any atom is 0.191 e. The monoisotopic (exact) mass is 292 g/mol. The Morgan fingerprint density at radius 2 is 2.25 bits per heavy atom. The summed E-state index contributed by atoms with van der Waals surface area (Å²) in [6.45, 7) is 3.73. The van der Waals surface area contributed by atoms with Crippen molar-refractivity contribution in [3.8, 4) is 0 Å². The van der Waals surface area contributed by atoms with Gasteiger partial charge in [-0.2, -0.15) is 0 Å². The van der Waals surface area contributed by atoms with Crippen LogP contribution in [0.15, 0.2) is 34.0 Å². The first-order valence-corrected chi connectivity index (χ1v) is 7.86. The molecule has 0 radical (unpaired) electrons. The summed E-state index contributed by atoms with van der Waals surface area (Å²) in [4.78, 5) is 11.0. The van der Waals surface area contributed by atoms with E-state index in [1.807, 2.05) is 31.5 Å². The summed E-state index contributed by atoms with van der Waals surface area (Å²) in [6.07, 6.45) is 4.73. The minimum absolute atomic E-state index is 0.686. The molecule has 0 saturated heterocycles. The minimum Gasteiger partial charge on any atom is -0.467 e. The van der Waals surface area contributed by atoms with Gasteiger partial charge in [0.05, 0.1) is 12.8 Å². The van der Waals surface area contributed by atoms with Crippen LogP contribution in [0.4, 0.5) is 11.6 Å². The Balaban J connectivity index is 2.16. The topological polar surface area (TPSA) is 54.2 Å². The fourth-order valence-corrected chi connectivity index (χ4v) is 2.14. The first-order chi connectivity index (χ1) is 9.72. The van der Waals surface area contributed by atoms with E-state index < -0.39 is 0 Å². The molecule has 5 nitrogen and oxygen atoms in total. The predicted molar refractivity (Wildman–Crippen MR) is 83.4 cm³/mol. The van der Waals surface area contributed by atoms with Crippen LogP contribution >= 0.6 is 11.8 Å². The molecule has 0 aliphatic heterocycles. The third kappa shape index (κ3) is 3.90. The van der Waals surface area contributed by atoms with Gasteiger partial charge in [-0.05, 0) is 24.8 Å². The van der Waals surface area contributed by atoms with Gasteiger partial charge in [0.25, 0.3) is 0 Å². The predicted octanol–water partition coefficient (Wildman–Crippen LogP) is 3.25. The molecule has 0 aliphatic carbocycles. The SMILES string of the molecule is CCCNc1cc(N(C)Cc2ccco2)nc(SC)n1. The Bertz CT molecular complexity index is 530. The zero-order chi connectivity index (χ0) is 14.4. The van der Waals surface area contributed by atoms with Crippen molar-refractivity contribution >= 4 is 23.4 Å². The lowest BCUT2D eigenvalue weighted by Gasteiger charge is -2.18. The number of hydrogen-bond donors (Lipinski definition) is 1. The van der Waals surface area contributed by atoms with Crippen molar-refractivity contribution in [2.24, 2.45) is 0 Å². The Hall–Kier alpha value is -1.69.